The summed E-state index contributed by atoms with van der Waals surface area (Å²) in [5.74, 6) is -2.86. The molecule has 0 aromatic heterocycles. The Morgan fingerprint density at radius 1 is 1.09 bits per heavy atom. The first-order valence-corrected chi connectivity index (χ1v) is 13.5. The number of aliphatic imine (C=N–C) groups is 3. The van der Waals surface area contributed by atoms with E-state index in [0.29, 0.717) is 0 Å². The van der Waals surface area contributed by atoms with Crippen molar-refractivity contribution < 1.29 is 61.8 Å². The molecule has 0 aromatic carbocycles. The van der Waals surface area contributed by atoms with Gasteiger partial charge < -0.3 is 49.7 Å². The summed E-state index contributed by atoms with van der Waals surface area (Å²) >= 11 is 0. The molecule has 0 aromatic rings. The van der Waals surface area contributed by atoms with E-state index in [1.54, 1.807) is 0 Å². The van der Waals surface area contributed by atoms with Crippen molar-refractivity contribution in [3.63, 3.8) is 0 Å². The first-order valence-electron chi connectivity index (χ1n) is 8.44. The monoisotopic (exact) mass is 521 g/mol. The third-order valence-corrected chi connectivity index (χ3v) is 9.46. The maximum atomic E-state index is 12.0. The summed E-state index contributed by atoms with van der Waals surface area (Å²) in [6, 6.07) is 0. The van der Waals surface area contributed by atoms with Crippen LogP contribution in [-0.4, -0.2) is 102 Å². The van der Waals surface area contributed by atoms with E-state index in [1.165, 1.54) is 4.90 Å². The van der Waals surface area contributed by atoms with E-state index in [0.717, 1.165) is 0 Å². The number of aliphatic hydroxyl groups excluding tert-OH is 2. The number of aliphatic hydroxyl groups is 2. The standard InChI is InChI=1S/C11H18N5O13P3/c12-11-14-8-5(9(19)15-11)13-2-16(8)10-7(18)6(17)4(28-10)1-27-30(20,21)3-31(22,23)29-32(24,25)26/h4,6-7,10,17-18H,1-3H2,(H,20,21)(H,22,23)(H2,12,15,19)(H2,24,25,26)/t4-,6-,7-,10-/m1/s1. The molecule has 0 bridgehead atoms. The number of nitrogens with zero attached hydrogens (tertiary/aromatic N) is 4. The first-order chi connectivity index (χ1) is 14.6. The minimum Gasteiger partial charge on any atom is -0.387 e. The summed E-state index contributed by atoms with van der Waals surface area (Å²) in [5.41, 5.74) is 5.30. The number of amides is 1. The van der Waals surface area contributed by atoms with Gasteiger partial charge in [0.15, 0.2) is 23.7 Å². The third kappa shape index (κ3) is 5.75. The second-order valence-electron chi connectivity index (χ2n) is 6.66. The van der Waals surface area contributed by atoms with Crippen LogP contribution in [0.4, 0.5) is 0 Å². The number of ether oxygens (including phenoxy) is 1. The summed E-state index contributed by atoms with van der Waals surface area (Å²) in [6.45, 7) is -1.09. The van der Waals surface area contributed by atoms with Crippen molar-refractivity contribution >= 4 is 46.4 Å². The minimum absolute atomic E-state index is 0.0658. The highest BCUT2D eigenvalue weighted by Crippen LogP contribution is 2.64. The molecule has 1 saturated heterocycles. The average molecular weight is 521 g/mol. The molecule has 0 spiro atoms. The quantitative estimate of drug-likeness (QED) is 0.155. The van der Waals surface area contributed by atoms with Crippen molar-refractivity contribution in [2.24, 2.45) is 20.7 Å². The molecule has 3 heterocycles. The van der Waals surface area contributed by atoms with Crippen molar-refractivity contribution in [1.29, 1.82) is 0 Å². The van der Waals surface area contributed by atoms with Crippen LogP contribution in [0.3, 0.4) is 0 Å². The molecule has 0 radical (unpaired) electrons. The Hall–Kier alpha value is -1.39. The number of hydrogen-bond acceptors (Lipinski definition) is 13. The zero-order valence-corrected chi connectivity index (χ0v) is 18.4. The van der Waals surface area contributed by atoms with E-state index in [-0.39, 0.29) is 24.2 Å². The molecule has 0 aliphatic carbocycles. The highest BCUT2D eigenvalue weighted by molar-refractivity contribution is 7.74. The van der Waals surface area contributed by atoms with Crippen LogP contribution in [0.1, 0.15) is 0 Å². The summed E-state index contributed by atoms with van der Waals surface area (Å²) in [6.07, 6.45) is -6.08. The third-order valence-electron chi connectivity index (χ3n) is 4.18. The van der Waals surface area contributed by atoms with Gasteiger partial charge in [-0.05, 0) is 0 Å². The number of fused-ring (bicyclic) bond motifs is 1. The van der Waals surface area contributed by atoms with Gasteiger partial charge in [0.2, 0.25) is 5.96 Å². The number of carbonyl (C=O) groups excluding carboxylic acids is 1. The predicted octanol–water partition coefficient (Wildman–Crippen LogP) is -3.15. The second kappa shape index (κ2) is 8.76. The van der Waals surface area contributed by atoms with Gasteiger partial charge in [-0.15, -0.1) is 0 Å². The Labute approximate surface area is 178 Å². The van der Waals surface area contributed by atoms with Crippen LogP contribution in [0.25, 0.3) is 0 Å². The van der Waals surface area contributed by atoms with Crippen LogP contribution >= 0.6 is 23.0 Å². The molecular formula is C11H18N5O13P3. The molecule has 0 saturated carbocycles. The fourth-order valence-corrected chi connectivity index (χ4v) is 7.48. The molecule has 2 unspecified atom stereocenters. The molecule has 3 rings (SSSR count). The van der Waals surface area contributed by atoms with Crippen molar-refractivity contribution in [2.75, 3.05) is 19.2 Å². The highest BCUT2D eigenvalue weighted by Gasteiger charge is 2.50. The second-order valence-corrected chi connectivity index (χ2v) is 12.2. The molecule has 3 aliphatic heterocycles. The SMILES string of the molecule is NC1=NC(=O)C2=NCN([C@@H]3O[C@H](COP(=O)(O)CP(=O)(O)OP(=O)(O)O)[C@@H](O)[C@H]3O)C2=N1. The van der Waals surface area contributed by atoms with Gasteiger partial charge in [-0.25, -0.2) is 8.88 Å². The lowest BCUT2D eigenvalue weighted by Crippen LogP contribution is -2.48. The lowest BCUT2D eigenvalue weighted by molar-refractivity contribution is -0.111. The van der Waals surface area contributed by atoms with Gasteiger partial charge in [0, 0.05) is 0 Å². The topological polar surface area (TPSA) is 284 Å². The Balaban J connectivity index is 1.64. The van der Waals surface area contributed by atoms with Gasteiger partial charge >= 0.3 is 28.9 Å². The molecule has 1 fully saturated rings. The van der Waals surface area contributed by atoms with Crippen molar-refractivity contribution in [3.05, 3.63) is 0 Å². The van der Waals surface area contributed by atoms with E-state index in [4.69, 9.17) is 20.3 Å². The van der Waals surface area contributed by atoms with Crippen LogP contribution in [0.2, 0.25) is 0 Å². The van der Waals surface area contributed by atoms with Crippen LogP contribution in [0, 0.1) is 0 Å². The van der Waals surface area contributed by atoms with Gasteiger partial charge in [-0.2, -0.15) is 9.98 Å². The lowest BCUT2D eigenvalue weighted by atomic mass is 10.1. The maximum Gasteiger partial charge on any atom is 0.476 e. The van der Waals surface area contributed by atoms with Crippen molar-refractivity contribution in [2.45, 2.75) is 24.5 Å². The smallest absolute Gasteiger partial charge is 0.387 e. The predicted molar refractivity (Wildman–Crippen MR) is 102 cm³/mol. The number of guanidine groups is 1. The van der Waals surface area contributed by atoms with Crippen LogP contribution in [0.5, 0.6) is 0 Å². The summed E-state index contributed by atoms with van der Waals surface area (Å²) in [7, 11) is -15.6. The number of hydrogen-bond donors (Lipinski definition) is 7. The molecule has 3 aliphatic rings. The van der Waals surface area contributed by atoms with Gasteiger partial charge in [0.1, 0.15) is 25.0 Å². The van der Waals surface area contributed by atoms with Gasteiger partial charge in [0.05, 0.1) is 6.61 Å². The van der Waals surface area contributed by atoms with Gasteiger partial charge in [0.25, 0.3) is 0 Å². The van der Waals surface area contributed by atoms with E-state index in [9.17, 15) is 38.5 Å². The zero-order chi connectivity index (χ0) is 24.1. The van der Waals surface area contributed by atoms with E-state index < -0.39 is 66.0 Å². The average Bonchev–Trinajstić information content (AvgIpc) is 3.12. The van der Waals surface area contributed by atoms with Crippen molar-refractivity contribution in [3.8, 4) is 0 Å². The van der Waals surface area contributed by atoms with Crippen LogP contribution in [0.15, 0.2) is 15.0 Å². The first kappa shape index (κ1) is 25.2. The Morgan fingerprint density at radius 3 is 2.38 bits per heavy atom. The summed E-state index contributed by atoms with van der Waals surface area (Å²) in [4.78, 5) is 60.4. The molecule has 21 heteroatoms. The van der Waals surface area contributed by atoms with E-state index in [1.807, 2.05) is 0 Å². The molecule has 1 amide bonds. The fourth-order valence-electron chi connectivity index (χ4n) is 2.97. The summed E-state index contributed by atoms with van der Waals surface area (Å²) in [5, 5.41) is 20.5. The molecule has 32 heavy (non-hydrogen) atoms. The maximum absolute atomic E-state index is 12.0. The number of amidine groups is 1. The molecule has 180 valence electrons. The minimum atomic E-state index is -5.44. The Morgan fingerprint density at radius 2 is 1.75 bits per heavy atom. The largest absolute Gasteiger partial charge is 0.476 e. The number of phosphoric acid groups is 1. The zero-order valence-electron chi connectivity index (χ0n) is 15.7. The van der Waals surface area contributed by atoms with E-state index in [2.05, 4.69) is 23.8 Å². The molecule has 6 atom stereocenters. The number of rotatable bonds is 8. The molecule has 18 nitrogen and oxygen atoms in total. The fraction of sp³-hybridized carbons (Fsp3) is 0.636. The lowest BCUT2D eigenvalue weighted by Gasteiger charge is -2.28. The number of nitrogens with two attached hydrogens (primary N) is 1. The van der Waals surface area contributed by atoms with Gasteiger partial charge in [-0.1, -0.05) is 0 Å². The van der Waals surface area contributed by atoms with Gasteiger partial charge in [-0.3, -0.25) is 18.9 Å². The number of carbonyl (C=O) groups is 1. The Bertz CT molecular complexity index is 1040. The highest BCUT2D eigenvalue weighted by atomic mass is 31.3. The molecular weight excluding hydrogens is 503 g/mol. The van der Waals surface area contributed by atoms with E-state index >= 15 is 0 Å². The normalized spacial score (nSPS) is 32.0. The molecule has 8 N–H and O–H groups in total. The Kier molecular flexibility index (Phi) is 6.91. The van der Waals surface area contributed by atoms with Crippen LogP contribution < -0.4 is 5.73 Å². The summed E-state index contributed by atoms with van der Waals surface area (Å²) < 4.78 is 47.9. The van der Waals surface area contributed by atoms with Crippen molar-refractivity contribution in [1.82, 2.24) is 4.90 Å². The van der Waals surface area contributed by atoms with Crippen LogP contribution in [-0.2, 0) is 32.1 Å².